The Bertz CT molecular complexity index is 783. The molecule has 0 aliphatic carbocycles. The van der Waals surface area contributed by atoms with E-state index in [1.165, 1.54) is 6.07 Å². The number of hydrogen-bond acceptors (Lipinski definition) is 6. The number of aliphatic hydroxyl groups is 2. The first-order valence-corrected chi connectivity index (χ1v) is 8.91. The van der Waals surface area contributed by atoms with Gasteiger partial charge in [-0.15, -0.1) is 0 Å². The maximum atomic E-state index is 11.0. The summed E-state index contributed by atoms with van der Waals surface area (Å²) >= 11 is 0. The fourth-order valence-electron chi connectivity index (χ4n) is 2.43. The van der Waals surface area contributed by atoms with Crippen LogP contribution in [0.1, 0.15) is 24.0 Å². The molecular weight excluding hydrogens is 351 g/mol. The number of phosphoric ester groups is 1. The largest absolute Gasteiger partial charge is 0.524 e. The molecule has 0 atom stereocenters. The minimum Gasteiger partial charge on any atom is -0.508 e. The van der Waals surface area contributed by atoms with Crippen LogP contribution in [0.2, 0.25) is 0 Å². The minimum absolute atomic E-state index is 0.104. The Kier molecular flexibility index (Phi) is 5.72. The molecule has 0 fully saturated rings. The summed E-state index contributed by atoms with van der Waals surface area (Å²) in [5.41, 5.74) is 0.526. The Hall–Kier alpha value is -2.09. The van der Waals surface area contributed by atoms with Crippen LogP contribution in [0.15, 0.2) is 42.5 Å². The van der Waals surface area contributed by atoms with E-state index in [1.54, 1.807) is 18.2 Å². The maximum absolute atomic E-state index is 11.0. The molecule has 0 saturated carbocycles. The Balaban J connectivity index is 2.14. The summed E-state index contributed by atoms with van der Waals surface area (Å²) in [5.74, 6) is -3.18. The fourth-order valence-corrected chi connectivity index (χ4v) is 2.84. The molecule has 0 aliphatic heterocycles. The predicted octanol–water partition coefficient (Wildman–Crippen LogP) is 1.73. The highest BCUT2D eigenvalue weighted by Gasteiger charge is 2.31. The van der Waals surface area contributed by atoms with Crippen LogP contribution in [0.5, 0.6) is 17.2 Å². The highest BCUT2D eigenvalue weighted by Crippen LogP contribution is 2.43. The van der Waals surface area contributed by atoms with Crippen molar-refractivity contribution in [1.82, 2.24) is 0 Å². The number of benzene rings is 2. The molecule has 0 aliphatic rings. The lowest BCUT2D eigenvalue weighted by atomic mass is 9.97. The predicted molar refractivity (Wildman–Crippen MR) is 87.9 cm³/mol. The van der Waals surface area contributed by atoms with Crippen molar-refractivity contribution in [2.75, 3.05) is 0 Å². The second-order valence-electron chi connectivity index (χ2n) is 5.60. The topological polar surface area (TPSA) is 148 Å². The van der Waals surface area contributed by atoms with Gasteiger partial charge in [0.2, 0.25) is 0 Å². The second-order valence-corrected chi connectivity index (χ2v) is 6.77. The van der Waals surface area contributed by atoms with Gasteiger partial charge in [-0.25, -0.2) is 4.57 Å². The van der Waals surface area contributed by atoms with Crippen molar-refractivity contribution in [3.05, 3.63) is 53.6 Å². The minimum atomic E-state index is -4.94. The van der Waals surface area contributed by atoms with Gasteiger partial charge in [-0.3, -0.25) is 9.79 Å². The van der Waals surface area contributed by atoms with Gasteiger partial charge in [0.25, 0.3) is 0 Å². The van der Waals surface area contributed by atoms with E-state index in [2.05, 4.69) is 4.52 Å². The van der Waals surface area contributed by atoms with E-state index >= 15 is 0 Å². The highest BCUT2D eigenvalue weighted by molar-refractivity contribution is 7.46. The molecule has 2 aromatic carbocycles. The van der Waals surface area contributed by atoms with Crippen LogP contribution in [0.4, 0.5) is 0 Å². The normalized spacial score (nSPS) is 12.2. The van der Waals surface area contributed by atoms with Gasteiger partial charge in [0.1, 0.15) is 17.2 Å². The van der Waals surface area contributed by atoms with Gasteiger partial charge >= 0.3 is 7.82 Å². The molecule has 2 rings (SSSR count). The number of phosphoric acid groups is 1. The number of phenolic OH excluding ortho intramolecular Hbond substituents is 2. The number of hydrogen-bond donors (Lipinski definition) is 6. The molecule has 0 amide bonds. The van der Waals surface area contributed by atoms with E-state index in [1.807, 2.05) is 0 Å². The zero-order chi connectivity index (χ0) is 18.7. The molecule has 0 unspecified atom stereocenters. The Morgan fingerprint density at radius 1 is 1.00 bits per heavy atom. The standard InChI is InChI=1S/C16H19O8P/c17-12-5-1-3-11(9-12)4-2-8-16(19,20)14-7-6-13(18)10-15(14)24-25(21,22)23/h1,3,5-7,9-10,17-20H,2,4,8H2,(H2,21,22,23). The summed E-state index contributed by atoms with van der Waals surface area (Å²) in [7, 11) is -4.94. The molecule has 0 heterocycles. The van der Waals surface area contributed by atoms with Gasteiger partial charge in [0.15, 0.2) is 5.79 Å². The van der Waals surface area contributed by atoms with Crippen LogP contribution in [0.25, 0.3) is 0 Å². The highest BCUT2D eigenvalue weighted by atomic mass is 31.2. The van der Waals surface area contributed by atoms with Crippen molar-refractivity contribution in [1.29, 1.82) is 0 Å². The van der Waals surface area contributed by atoms with Crippen molar-refractivity contribution in [2.24, 2.45) is 0 Å². The number of aromatic hydroxyl groups is 2. The molecule has 0 bridgehead atoms. The summed E-state index contributed by atoms with van der Waals surface area (Å²) in [5, 5.41) is 39.4. The average Bonchev–Trinajstić information content (AvgIpc) is 2.45. The van der Waals surface area contributed by atoms with E-state index in [9.17, 15) is 25.0 Å². The van der Waals surface area contributed by atoms with E-state index in [-0.39, 0.29) is 23.5 Å². The Labute approximate surface area is 143 Å². The summed E-state index contributed by atoms with van der Waals surface area (Å²) in [6.07, 6.45) is 0.599. The first-order chi connectivity index (χ1) is 11.6. The first-order valence-electron chi connectivity index (χ1n) is 7.38. The molecule has 0 aromatic heterocycles. The van der Waals surface area contributed by atoms with Gasteiger partial charge < -0.3 is 24.9 Å². The van der Waals surface area contributed by atoms with Crippen LogP contribution >= 0.6 is 7.82 Å². The lowest BCUT2D eigenvalue weighted by Gasteiger charge is -2.25. The van der Waals surface area contributed by atoms with E-state index < -0.39 is 19.4 Å². The summed E-state index contributed by atoms with van der Waals surface area (Å²) < 4.78 is 15.5. The molecule has 0 saturated heterocycles. The third kappa shape index (κ3) is 5.74. The lowest BCUT2D eigenvalue weighted by molar-refractivity contribution is -0.175. The summed E-state index contributed by atoms with van der Waals surface area (Å²) in [4.78, 5) is 17.8. The number of phenols is 2. The van der Waals surface area contributed by atoms with Crippen molar-refractivity contribution in [3.63, 3.8) is 0 Å². The molecule has 136 valence electrons. The van der Waals surface area contributed by atoms with E-state index in [4.69, 9.17) is 9.79 Å². The quantitative estimate of drug-likeness (QED) is 0.319. The number of aryl methyl sites for hydroxylation is 1. The van der Waals surface area contributed by atoms with Crippen molar-refractivity contribution in [2.45, 2.75) is 25.0 Å². The van der Waals surface area contributed by atoms with Crippen molar-refractivity contribution < 1.29 is 39.3 Å². The lowest BCUT2D eigenvalue weighted by Crippen LogP contribution is -2.25. The van der Waals surface area contributed by atoms with Crippen LogP contribution in [-0.4, -0.2) is 30.2 Å². The van der Waals surface area contributed by atoms with Gasteiger partial charge in [-0.2, -0.15) is 0 Å². The second kappa shape index (κ2) is 7.43. The SMILES string of the molecule is O=P(O)(O)Oc1cc(O)ccc1C(O)(O)CCCc1cccc(O)c1. The molecule has 25 heavy (non-hydrogen) atoms. The van der Waals surface area contributed by atoms with Gasteiger partial charge in [-0.1, -0.05) is 12.1 Å². The molecule has 6 N–H and O–H groups in total. The van der Waals surface area contributed by atoms with Gasteiger partial charge in [0, 0.05) is 12.5 Å². The van der Waals surface area contributed by atoms with Crippen LogP contribution in [0.3, 0.4) is 0 Å². The molecule has 0 radical (unpaired) electrons. The fraction of sp³-hybridized carbons (Fsp3) is 0.250. The molecular formula is C16H19O8P. The maximum Gasteiger partial charge on any atom is 0.524 e. The van der Waals surface area contributed by atoms with Gasteiger partial charge in [-0.05, 0) is 42.7 Å². The third-order valence-electron chi connectivity index (χ3n) is 3.52. The smallest absolute Gasteiger partial charge is 0.508 e. The Morgan fingerprint density at radius 2 is 1.68 bits per heavy atom. The van der Waals surface area contributed by atoms with Gasteiger partial charge in [0.05, 0.1) is 5.56 Å². The number of rotatable bonds is 7. The van der Waals surface area contributed by atoms with Crippen LogP contribution in [0, 0.1) is 0 Å². The van der Waals surface area contributed by atoms with Crippen LogP contribution in [-0.2, 0) is 16.8 Å². The van der Waals surface area contributed by atoms with Crippen LogP contribution < -0.4 is 4.52 Å². The monoisotopic (exact) mass is 370 g/mol. The van der Waals surface area contributed by atoms with E-state index in [0.29, 0.717) is 12.8 Å². The summed E-state index contributed by atoms with van der Waals surface area (Å²) in [6.45, 7) is 0. The third-order valence-corrected chi connectivity index (χ3v) is 3.95. The summed E-state index contributed by atoms with van der Waals surface area (Å²) in [6, 6.07) is 9.69. The Morgan fingerprint density at radius 3 is 2.32 bits per heavy atom. The average molecular weight is 370 g/mol. The molecule has 2 aromatic rings. The van der Waals surface area contributed by atoms with Crippen molar-refractivity contribution in [3.8, 4) is 17.2 Å². The molecule has 8 nitrogen and oxygen atoms in total. The first kappa shape index (κ1) is 19.2. The zero-order valence-electron chi connectivity index (χ0n) is 13.1. The zero-order valence-corrected chi connectivity index (χ0v) is 14.0. The van der Waals surface area contributed by atoms with E-state index in [0.717, 1.165) is 23.8 Å². The molecule has 0 spiro atoms. The van der Waals surface area contributed by atoms with Crippen molar-refractivity contribution >= 4 is 7.82 Å². The molecule has 9 heteroatoms.